The van der Waals surface area contributed by atoms with Gasteiger partial charge in [-0.2, -0.15) is 0 Å². The van der Waals surface area contributed by atoms with Crippen LogP contribution in [0.25, 0.3) is 0 Å². The summed E-state index contributed by atoms with van der Waals surface area (Å²) in [5, 5.41) is 12.9. The van der Waals surface area contributed by atoms with E-state index in [1.54, 1.807) is 0 Å². The molecule has 3 atom stereocenters. The monoisotopic (exact) mass is 284 g/mol. The van der Waals surface area contributed by atoms with Gasteiger partial charge in [0.15, 0.2) is 0 Å². The number of likely N-dealkylation sites (tertiary alicyclic amines) is 1. The molecule has 2 aliphatic heterocycles. The molecule has 20 heavy (non-hydrogen) atoms. The number of ether oxygens (including phenoxy) is 1. The maximum absolute atomic E-state index is 9.37. The number of rotatable bonds is 7. The molecule has 0 bridgehead atoms. The topological polar surface area (TPSA) is 44.7 Å². The van der Waals surface area contributed by atoms with Crippen LogP contribution in [0.3, 0.4) is 0 Å². The van der Waals surface area contributed by atoms with E-state index in [-0.39, 0.29) is 6.61 Å². The Balaban J connectivity index is 1.63. The second-order valence-electron chi connectivity index (χ2n) is 6.50. The van der Waals surface area contributed by atoms with Crippen molar-refractivity contribution in [2.45, 2.75) is 45.1 Å². The zero-order chi connectivity index (χ0) is 14.2. The Hall–Kier alpha value is -0.160. The molecule has 0 aromatic heterocycles. The second kappa shape index (κ2) is 8.98. The molecule has 2 N–H and O–H groups in total. The van der Waals surface area contributed by atoms with E-state index in [0.717, 1.165) is 26.3 Å². The molecule has 0 aliphatic carbocycles. The predicted octanol–water partition coefficient (Wildman–Crippen LogP) is 1.49. The normalized spacial score (nSPS) is 30.3. The van der Waals surface area contributed by atoms with Crippen LogP contribution in [0, 0.1) is 11.8 Å². The Labute approximate surface area is 123 Å². The van der Waals surface area contributed by atoms with Gasteiger partial charge in [0.1, 0.15) is 0 Å². The average molecular weight is 284 g/mol. The van der Waals surface area contributed by atoms with Crippen LogP contribution in [-0.2, 0) is 4.74 Å². The van der Waals surface area contributed by atoms with E-state index in [1.807, 2.05) is 0 Å². The van der Waals surface area contributed by atoms with Crippen molar-refractivity contribution in [3.8, 4) is 0 Å². The van der Waals surface area contributed by atoms with Crippen LogP contribution in [0.2, 0.25) is 0 Å². The van der Waals surface area contributed by atoms with Gasteiger partial charge in [0.05, 0.1) is 13.2 Å². The number of hydrogen-bond acceptors (Lipinski definition) is 4. The highest BCUT2D eigenvalue weighted by Crippen LogP contribution is 2.24. The Morgan fingerprint density at radius 1 is 1.25 bits per heavy atom. The molecule has 118 valence electrons. The smallest absolute Gasteiger partial charge is 0.0623 e. The molecule has 2 rings (SSSR count). The molecule has 0 aromatic carbocycles. The third-order valence-corrected chi connectivity index (χ3v) is 4.95. The van der Waals surface area contributed by atoms with E-state index >= 15 is 0 Å². The fourth-order valence-electron chi connectivity index (χ4n) is 3.56. The fraction of sp³-hybridized carbons (Fsp3) is 1.00. The van der Waals surface area contributed by atoms with E-state index in [1.165, 1.54) is 45.2 Å². The van der Waals surface area contributed by atoms with Crippen LogP contribution < -0.4 is 5.32 Å². The molecule has 0 saturated carbocycles. The van der Waals surface area contributed by atoms with Gasteiger partial charge in [-0.15, -0.1) is 0 Å². The Kier molecular flexibility index (Phi) is 7.28. The molecule has 0 spiro atoms. The zero-order valence-corrected chi connectivity index (χ0v) is 13.0. The third-order valence-electron chi connectivity index (χ3n) is 4.95. The van der Waals surface area contributed by atoms with Gasteiger partial charge in [-0.25, -0.2) is 0 Å². The largest absolute Gasteiger partial charge is 0.396 e. The van der Waals surface area contributed by atoms with Gasteiger partial charge in [0, 0.05) is 19.2 Å². The van der Waals surface area contributed by atoms with E-state index in [2.05, 4.69) is 17.1 Å². The molecule has 0 aromatic rings. The van der Waals surface area contributed by atoms with Gasteiger partial charge >= 0.3 is 0 Å². The maximum Gasteiger partial charge on any atom is 0.0623 e. The van der Waals surface area contributed by atoms with Crippen molar-refractivity contribution in [1.82, 2.24) is 10.2 Å². The van der Waals surface area contributed by atoms with Crippen molar-refractivity contribution in [2.75, 3.05) is 46.0 Å². The van der Waals surface area contributed by atoms with Crippen LogP contribution in [0.4, 0.5) is 0 Å². The summed E-state index contributed by atoms with van der Waals surface area (Å²) in [6.07, 6.45) is 6.53. The Morgan fingerprint density at radius 2 is 2.05 bits per heavy atom. The van der Waals surface area contributed by atoms with Crippen LogP contribution >= 0.6 is 0 Å². The minimum absolute atomic E-state index is 0.288. The summed E-state index contributed by atoms with van der Waals surface area (Å²) >= 11 is 0. The van der Waals surface area contributed by atoms with Crippen molar-refractivity contribution in [2.24, 2.45) is 11.8 Å². The Morgan fingerprint density at radius 3 is 2.80 bits per heavy atom. The van der Waals surface area contributed by atoms with Crippen LogP contribution in [0.5, 0.6) is 0 Å². The first-order chi connectivity index (χ1) is 9.81. The van der Waals surface area contributed by atoms with Gasteiger partial charge in [-0.05, 0) is 57.2 Å². The number of aliphatic hydroxyl groups excluding tert-OH is 1. The van der Waals surface area contributed by atoms with Crippen molar-refractivity contribution in [3.63, 3.8) is 0 Å². The van der Waals surface area contributed by atoms with Crippen molar-refractivity contribution in [1.29, 1.82) is 0 Å². The van der Waals surface area contributed by atoms with E-state index < -0.39 is 0 Å². The van der Waals surface area contributed by atoms with Gasteiger partial charge in [-0.1, -0.05) is 13.3 Å². The lowest BCUT2D eigenvalue weighted by atomic mass is 9.82. The molecular formula is C16H32N2O2. The molecule has 2 heterocycles. The number of nitrogens with one attached hydrogen (secondary N) is 1. The SMILES string of the molecule is CC(CO)C1CCCNC1COCCN1CCCCC1. The Bertz CT molecular complexity index is 257. The molecular weight excluding hydrogens is 252 g/mol. The lowest BCUT2D eigenvalue weighted by molar-refractivity contribution is 0.0429. The van der Waals surface area contributed by atoms with Crippen LogP contribution in [0.15, 0.2) is 0 Å². The summed E-state index contributed by atoms with van der Waals surface area (Å²) in [7, 11) is 0. The first-order valence-electron chi connectivity index (χ1n) is 8.45. The lowest BCUT2D eigenvalue weighted by Crippen LogP contribution is -2.47. The van der Waals surface area contributed by atoms with Crippen molar-refractivity contribution < 1.29 is 9.84 Å². The van der Waals surface area contributed by atoms with Gasteiger partial charge in [0.25, 0.3) is 0 Å². The van der Waals surface area contributed by atoms with Gasteiger partial charge in [0.2, 0.25) is 0 Å². The molecule has 2 fully saturated rings. The maximum atomic E-state index is 9.37. The van der Waals surface area contributed by atoms with Gasteiger partial charge in [-0.3, -0.25) is 0 Å². The number of aliphatic hydroxyl groups is 1. The first-order valence-corrected chi connectivity index (χ1v) is 8.45. The summed E-state index contributed by atoms with van der Waals surface area (Å²) < 4.78 is 5.91. The molecule has 0 amide bonds. The molecule has 0 radical (unpaired) electrons. The minimum atomic E-state index is 0.288. The summed E-state index contributed by atoms with van der Waals surface area (Å²) in [6.45, 7) is 8.74. The molecule has 4 heteroatoms. The molecule has 2 aliphatic rings. The quantitative estimate of drug-likeness (QED) is 0.695. The third kappa shape index (κ3) is 4.99. The summed E-state index contributed by atoms with van der Waals surface area (Å²) in [5.41, 5.74) is 0. The van der Waals surface area contributed by atoms with E-state index in [9.17, 15) is 5.11 Å². The van der Waals surface area contributed by atoms with E-state index in [4.69, 9.17) is 4.74 Å². The molecule has 4 nitrogen and oxygen atoms in total. The lowest BCUT2D eigenvalue weighted by Gasteiger charge is -2.36. The average Bonchev–Trinajstić information content (AvgIpc) is 2.52. The summed E-state index contributed by atoms with van der Waals surface area (Å²) in [5.74, 6) is 0.933. The highest BCUT2D eigenvalue weighted by atomic mass is 16.5. The van der Waals surface area contributed by atoms with E-state index in [0.29, 0.717) is 17.9 Å². The zero-order valence-electron chi connectivity index (χ0n) is 13.0. The summed E-state index contributed by atoms with van der Waals surface area (Å²) in [4.78, 5) is 2.52. The summed E-state index contributed by atoms with van der Waals surface area (Å²) in [6, 6.07) is 0.423. The highest BCUT2D eigenvalue weighted by Gasteiger charge is 2.28. The van der Waals surface area contributed by atoms with Crippen LogP contribution in [0.1, 0.15) is 39.0 Å². The fourth-order valence-corrected chi connectivity index (χ4v) is 3.56. The number of hydrogen-bond donors (Lipinski definition) is 2. The first kappa shape index (κ1) is 16.2. The standard InChI is InChI=1S/C16H32N2O2/c1-14(12-19)15-6-5-7-17-16(15)13-20-11-10-18-8-3-2-4-9-18/h14-17,19H,2-13H2,1H3. The van der Waals surface area contributed by atoms with Crippen molar-refractivity contribution in [3.05, 3.63) is 0 Å². The number of piperidine rings is 2. The van der Waals surface area contributed by atoms with Crippen molar-refractivity contribution >= 4 is 0 Å². The highest BCUT2D eigenvalue weighted by molar-refractivity contribution is 4.84. The van der Waals surface area contributed by atoms with Gasteiger partial charge < -0.3 is 20.1 Å². The minimum Gasteiger partial charge on any atom is -0.396 e. The predicted molar refractivity (Wildman–Crippen MR) is 81.9 cm³/mol. The second-order valence-corrected chi connectivity index (χ2v) is 6.50. The molecule has 2 saturated heterocycles. The number of nitrogens with zero attached hydrogens (tertiary/aromatic N) is 1. The van der Waals surface area contributed by atoms with Crippen LogP contribution in [-0.4, -0.2) is 62.0 Å². The molecule has 3 unspecified atom stereocenters.